The molecule has 10 nitrogen and oxygen atoms in total. The van der Waals surface area contributed by atoms with Crippen molar-refractivity contribution < 1.29 is 23.9 Å². The molecule has 0 spiro atoms. The van der Waals surface area contributed by atoms with Gasteiger partial charge in [0.25, 0.3) is 5.91 Å². The molecule has 0 bridgehead atoms. The molecule has 2 amide bonds. The Morgan fingerprint density at radius 1 is 1.03 bits per heavy atom. The van der Waals surface area contributed by atoms with Crippen LogP contribution in [-0.4, -0.2) is 46.8 Å². The molecule has 32 heavy (non-hydrogen) atoms. The first kappa shape index (κ1) is 22.5. The van der Waals surface area contributed by atoms with Gasteiger partial charge in [-0.25, -0.2) is 4.68 Å². The number of hydrogen-bond acceptors (Lipinski definition) is 7. The molecule has 2 N–H and O–H groups in total. The van der Waals surface area contributed by atoms with E-state index in [1.165, 1.54) is 25.8 Å². The molecule has 0 saturated heterocycles. The Hall–Kier alpha value is -4.21. The Morgan fingerprint density at radius 2 is 1.81 bits per heavy atom. The van der Waals surface area contributed by atoms with Gasteiger partial charge < -0.3 is 20.1 Å². The summed E-state index contributed by atoms with van der Waals surface area (Å²) < 4.78 is 11.8. The zero-order chi connectivity index (χ0) is 23.3. The fourth-order valence-electron chi connectivity index (χ4n) is 2.97. The normalized spacial score (nSPS) is 10.4. The SMILES string of the molecule is COc1ccc(OC)c(NC(=O)c2nnn(CC(=O)Nc3cccc(C(C)=O)c3)c2C)c1. The number of methoxy groups -OCH3 is 2. The number of rotatable bonds is 8. The Kier molecular flexibility index (Phi) is 6.83. The van der Waals surface area contributed by atoms with Gasteiger partial charge in [0.1, 0.15) is 18.0 Å². The summed E-state index contributed by atoms with van der Waals surface area (Å²) >= 11 is 0. The van der Waals surface area contributed by atoms with E-state index in [0.29, 0.717) is 34.1 Å². The molecule has 10 heteroatoms. The first-order valence-electron chi connectivity index (χ1n) is 9.66. The minimum atomic E-state index is -0.505. The van der Waals surface area contributed by atoms with Gasteiger partial charge in [-0.1, -0.05) is 17.3 Å². The highest BCUT2D eigenvalue weighted by Gasteiger charge is 2.20. The summed E-state index contributed by atoms with van der Waals surface area (Å²) in [6, 6.07) is 11.6. The number of carbonyl (C=O) groups is 3. The highest BCUT2D eigenvalue weighted by atomic mass is 16.5. The van der Waals surface area contributed by atoms with E-state index in [2.05, 4.69) is 20.9 Å². The maximum Gasteiger partial charge on any atom is 0.278 e. The van der Waals surface area contributed by atoms with Gasteiger partial charge in [0.05, 0.1) is 25.6 Å². The number of ether oxygens (including phenoxy) is 2. The molecule has 1 aromatic heterocycles. The van der Waals surface area contributed by atoms with Gasteiger partial charge in [-0.3, -0.25) is 14.4 Å². The largest absolute Gasteiger partial charge is 0.497 e. The second-order valence-corrected chi connectivity index (χ2v) is 6.89. The van der Waals surface area contributed by atoms with Crippen LogP contribution in [0.1, 0.15) is 33.5 Å². The highest BCUT2D eigenvalue weighted by molar-refractivity contribution is 6.04. The van der Waals surface area contributed by atoms with Gasteiger partial charge in [0.15, 0.2) is 11.5 Å². The predicted molar refractivity (Wildman–Crippen MR) is 117 cm³/mol. The average molecular weight is 437 g/mol. The van der Waals surface area contributed by atoms with Gasteiger partial charge >= 0.3 is 0 Å². The van der Waals surface area contributed by atoms with E-state index in [9.17, 15) is 14.4 Å². The first-order valence-corrected chi connectivity index (χ1v) is 9.66. The van der Waals surface area contributed by atoms with E-state index in [-0.39, 0.29) is 23.9 Å². The molecule has 3 rings (SSSR count). The molecule has 0 atom stereocenters. The van der Waals surface area contributed by atoms with Crippen LogP contribution in [0, 0.1) is 6.92 Å². The first-order chi connectivity index (χ1) is 15.3. The highest BCUT2D eigenvalue weighted by Crippen LogP contribution is 2.29. The lowest BCUT2D eigenvalue weighted by molar-refractivity contribution is -0.117. The van der Waals surface area contributed by atoms with Crippen molar-refractivity contribution in [1.29, 1.82) is 0 Å². The van der Waals surface area contributed by atoms with Crippen molar-refractivity contribution in [2.45, 2.75) is 20.4 Å². The second-order valence-electron chi connectivity index (χ2n) is 6.89. The van der Waals surface area contributed by atoms with Crippen LogP contribution in [0.15, 0.2) is 42.5 Å². The Labute approximate surface area is 184 Å². The lowest BCUT2D eigenvalue weighted by Crippen LogP contribution is -2.21. The molecule has 0 saturated carbocycles. The zero-order valence-electron chi connectivity index (χ0n) is 18.1. The number of nitrogens with one attached hydrogen (secondary N) is 2. The monoisotopic (exact) mass is 437 g/mol. The van der Waals surface area contributed by atoms with E-state index in [1.54, 1.807) is 49.4 Å². The molecule has 0 aliphatic heterocycles. The van der Waals surface area contributed by atoms with Crippen LogP contribution in [0.2, 0.25) is 0 Å². The van der Waals surface area contributed by atoms with E-state index in [1.807, 2.05) is 0 Å². The molecule has 166 valence electrons. The summed E-state index contributed by atoms with van der Waals surface area (Å²) in [5, 5.41) is 13.3. The molecule has 0 fully saturated rings. The topological polar surface area (TPSA) is 124 Å². The van der Waals surface area contributed by atoms with Gasteiger partial charge in [-0.05, 0) is 38.1 Å². The van der Waals surface area contributed by atoms with E-state index >= 15 is 0 Å². The van der Waals surface area contributed by atoms with Crippen molar-refractivity contribution in [3.8, 4) is 11.5 Å². The Morgan fingerprint density at radius 3 is 2.50 bits per heavy atom. The van der Waals surface area contributed by atoms with Crippen LogP contribution in [0.4, 0.5) is 11.4 Å². The van der Waals surface area contributed by atoms with Crippen molar-refractivity contribution in [3.05, 3.63) is 59.4 Å². The number of benzene rings is 2. The Balaban J connectivity index is 1.71. The van der Waals surface area contributed by atoms with Crippen molar-refractivity contribution in [2.75, 3.05) is 24.9 Å². The molecule has 0 unspecified atom stereocenters. The fourth-order valence-corrected chi connectivity index (χ4v) is 2.97. The zero-order valence-corrected chi connectivity index (χ0v) is 18.1. The van der Waals surface area contributed by atoms with Crippen LogP contribution >= 0.6 is 0 Å². The van der Waals surface area contributed by atoms with Crippen molar-refractivity contribution in [3.63, 3.8) is 0 Å². The third-order valence-corrected chi connectivity index (χ3v) is 4.70. The molecule has 0 aliphatic carbocycles. The minimum absolute atomic E-state index is 0.0706. The Bertz CT molecular complexity index is 1170. The van der Waals surface area contributed by atoms with E-state index < -0.39 is 5.91 Å². The molecule has 2 aromatic carbocycles. The number of anilines is 2. The van der Waals surface area contributed by atoms with Crippen LogP contribution in [-0.2, 0) is 11.3 Å². The van der Waals surface area contributed by atoms with Crippen LogP contribution in [0.3, 0.4) is 0 Å². The summed E-state index contributed by atoms with van der Waals surface area (Å²) in [5.74, 6) is 0.0230. The van der Waals surface area contributed by atoms with Crippen LogP contribution < -0.4 is 20.1 Å². The van der Waals surface area contributed by atoms with Crippen molar-refractivity contribution in [2.24, 2.45) is 0 Å². The summed E-state index contributed by atoms with van der Waals surface area (Å²) in [5.41, 5.74) is 1.88. The van der Waals surface area contributed by atoms with Gasteiger partial charge in [0, 0.05) is 17.3 Å². The number of Topliss-reactive ketones (excluding diaryl/α,β-unsaturated/α-hetero) is 1. The fraction of sp³-hybridized carbons (Fsp3) is 0.227. The smallest absolute Gasteiger partial charge is 0.278 e. The lowest BCUT2D eigenvalue weighted by Gasteiger charge is -2.11. The quantitative estimate of drug-likeness (QED) is 0.519. The maximum absolute atomic E-state index is 12.7. The molecule has 1 heterocycles. The number of ketones is 1. The van der Waals surface area contributed by atoms with E-state index in [0.717, 1.165) is 0 Å². The predicted octanol–water partition coefficient (Wildman–Crippen LogP) is 2.70. The average Bonchev–Trinajstić information content (AvgIpc) is 3.13. The lowest BCUT2D eigenvalue weighted by atomic mass is 10.1. The maximum atomic E-state index is 12.7. The number of carbonyl (C=O) groups excluding carboxylic acids is 3. The number of nitrogens with zero attached hydrogens (tertiary/aromatic N) is 3. The molecule has 0 radical (unpaired) electrons. The standard InChI is InChI=1S/C22H23N5O5/c1-13-21(22(30)24-18-11-17(31-3)8-9-19(18)32-4)25-26-27(13)12-20(29)23-16-7-5-6-15(10-16)14(2)28/h5-11H,12H2,1-4H3,(H,23,29)(H,24,30). The van der Waals surface area contributed by atoms with Crippen molar-refractivity contribution in [1.82, 2.24) is 15.0 Å². The molecule has 3 aromatic rings. The van der Waals surface area contributed by atoms with Gasteiger partial charge in [-0.2, -0.15) is 0 Å². The molecular weight excluding hydrogens is 414 g/mol. The van der Waals surface area contributed by atoms with E-state index in [4.69, 9.17) is 9.47 Å². The van der Waals surface area contributed by atoms with Crippen LogP contribution in [0.5, 0.6) is 11.5 Å². The second kappa shape index (κ2) is 9.73. The summed E-state index contributed by atoms with van der Waals surface area (Å²) in [6.07, 6.45) is 0. The summed E-state index contributed by atoms with van der Waals surface area (Å²) in [4.78, 5) is 36.7. The van der Waals surface area contributed by atoms with Crippen molar-refractivity contribution >= 4 is 29.0 Å². The summed E-state index contributed by atoms with van der Waals surface area (Å²) in [7, 11) is 3.01. The molecular formula is C22H23N5O5. The van der Waals surface area contributed by atoms with Gasteiger partial charge in [-0.15, -0.1) is 5.10 Å². The molecule has 0 aliphatic rings. The third kappa shape index (κ3) is 5.09. The van der Waals surface area contributed by atoms with Crippen LogP contribution in [0.25, 0.3) is 0 Å². The van der Waals surface area contributed by atoms with Gasteiger partial charge in [0.2, 0.25) is 5.91 Å². The third-order valence-electron chi connectivity index (χ3n) is 4.70. The number of aromatic nitrogens is 3. The number of amides is 2. The summed E-state index contributed by atoms with van der Waals surface area (Å²) in [6.45, 7) is 2.94. The number of hydrogen-bond donors (Lipinski definition) is 2. The minimum Gasteiger partial charge on any atom is -0.497 e.